The Balaban J connectivity index is 3.25. The smallest absolute Gasteiger partial charge is 0.299 e. The van der Waals surface area contributed by atoms with E-state index in [1.807, 2.05) is 0 Å². The van der Waals surface area contributed by atoms with Gasteiger partial charge in [0.15, 0.2) is 0 Å². The third-order valence-corrected chi connectivity index (χ3v) is 2.19. The number of nitrogens with one attached hydrogen (secondary N) is 1. The Kier molecular flexibility index (Phi) is 4.18. The van der Waals surface area contributed by atoms with Gasteiger partial charge in [0.2, 0.25) is 0 Å². The zero-order valence-electron chi connectivity index (χ0n) is 8.42. The van der Waals surface area contributed by atoms with Crippen LogP contribution >= 0.6 is 11.6 Å². The first-order chi connectivity index (χ1) is 7.97. The lowest BCUT2D eigenvalue weighted by Gasteiger charge is -2.06. The summed E-state index contributed by atoms with van der Waals surface area (Å²) in [6, 6.07) is 1.87. The monoisotopic (exact) mass is 261 g/mol. The van der Waals surface area contributed by atoms with Gasteiger partial charge in [0, 0.05) is 6.54 Å². The van der Waals surface area contributed by atoms with Crippen LogP contribution in [0.25, 0.3) is 0 Å². The van der Waals surface area contributed by atoms with Crippen molar-refractivity contribution in [3.8, 4) is 0 Å². The van der Waals surface area contributed by atoms with Crippen molar-refractivity contribution < 1.29 is 15.0 Å². The maximum atomic E-state index is 10.7. The molecular weight excluding hydrogens is 254 g/mol. The standard InChI is InChI=1S/C8H8ClN3O5/c9-5-3-6(10-1-2-13)8(12(16)17)4-7(5)11(14)15/h3-4,10,13H,1-2H2. The summed E-state index contributed by atoms with van der Waals surface area (Å²) >= 11 is 5.61. The topological polar surface area (TPSA) is 119 Å². The van der Waals surface area contributed by atoms with Gasteiger partial charge in [-0.05, 0) is 6.07 Å². The van der Waals surface area contributed by atoms with Gasteiger partial charge in [-0.15, -0.1) is 0 Å². The van der Waals surface area contributed by atoms with E-state index < -0.39 is 21.2 Å². The molecule has 1 aromatic rings. The Morgan fingerprint density at radius 3 is 2.29 bits per heavy atom. The van der Waals surface area contributed by atoms with Crippen LogP contribution in [0.4, 0.5) is 17.1 Å². The number of benzene rings is 1. The fourth-order valence-electron chi connectivity index (χ4n) is 1.17. The highest BCUT2D eigenvalue weighted by Gasteiger charge is 2.23. The molecule has 0 unspecified atom stereocenters. The van der Waals surface area contributed by atoms with Crippen molar-refractivity contribution in [1.82, 2.24) is 0 Å². The second-order valence-electron chi connectivity index (χ2n) is 2.99. The highest BCUT2D eigenvalue weighted by Crippen LogP contribution is 2.35. The van der Waals surface area contributed by atoms with Gasteiger partial charge in [-0.25, -0.2) is 0 Å². The molecule has 17 heavy (non-hydrogen) atoms. The molecule has 0 aliphatic rings. The maximum Gasteiger partial charge on any atom is 0.299 e. The Bertz CT molecular complexity index is 465. The summed E-state index contributed by atoms with van der Waals surface area (Å²) in [7, 11) is 0. The minimum atomic E-state index is -0.800. The van der Waals surface area contributed by atoms with Crippen LogP contribution < -0.4 is 5.32 Å². The second kappa shape index (κ2) is 5.41. The van der Waals surface area contributed by atoms with E-state index in [-0.39, 0.29) is 23.9 Å². The van der Waals surface area contributed by atoms with Gasteiger partial charge in [-0.3, -0.25) is 20.2 Å². The van der Waals surface area contributed by atoms with Gasteiger partial charge in [0.25, 0.3) is 11.4 Å². The quantitative estimate of drug-likeness (QED) is 0.613. The van der Waals surface area contributed by atoms with Gasteiger partial charge in [0.1, 0.15) is 10.7 Å². The summed E-state index contributed by atoms with van der Waals surface area (Å²) in [6.45, 7) is -0.152. The molecule has 0 spiro atoms. The molecular formula is C8H8ClN3O5. The van der Waals surface area contributed by atoms with Crippen LogP contribution in [0.5, 0.6) is 0 Å². The third kappa shape index (κ3) is 3.02. The molecule has 2 N–H and O–H groups in total. The van der Waals surface area contributed by atoms with E-state index in [4.69, 9.17) is 16.7 Å². The van der Waals surface area contributed by atoms with Gasteiger partial charge in [0.05, 0.1) is 22.5 Å². The lowest BCUT2D eigenvalue weighted by molar-refractivity contribution is -0.393. The van der Waals surface area contributed by atoms with Gasteiger partial charge >= 0.3 is 0 Å². The normalized spacial score (nSPS) is 10.0. The van der Waals surface area contributed by atoms with Crippen molar-refractivity contribution in [3.05, 3.63) is 37.4 Å². The number of aliphatic hydroxyl groups excluding tert-OH is 1. The molecule has 0 aliphatic carbocycles. The van der Waals surface area contributed by atoms with Crippen molar-refractivity contribution in [1.29, 1.82) is 0 Å². The number of hydrogen-bond donors (Lipinski definition) is 2. The number of nitrogens with zero attached hydrogens (tertiary/aromatic N) is 2. The molecule has 0 aliphatic heterocycles. The fourth-order valence-corrected chi connectivity index (χ4v) is 1.41. The molecule has 0 bridgehead atoms. The Hall–Kier alpha value is -1.93. The average Bonchev–Trinajstić information content (AvgIpc) is 2.25. The van der Waals surface area contributed by atoms with Crippen LogP contribution in [0.3, 0.4) is 0 Å². The lowest BCUT2D eigenvalue weighted by Crippen LogP contribution is -2.08. The summed E-state index contributed by atoms with van der Waals surface area (Å²) in [4.78, 5) is 19.7. The molecule has 0 fully saturated rings. The molecule has 0 heterocycles. The van der Waals surface area contributed by atoms with Crippen molar-refractivity contribution in [2.45, 2.75) is 0 Å². The van der Waals surface area contributed by atoms with E-state index in [0.29, 0.717) is 0 Å². The molecule has 0 saturated heterocycles. The molecule has 0 amide bonds. The molecule has 9 heteroatoms. The summed E-state index contributed by atoms with van der Waals surface area (Å²) in [5.74, 6) is 0. The number of hydrogen-bond acceptors (Lipinski definition) is 6. The van der Waals surface area contributed by atoms with E-state index in [9.17, 15) is 20.2 Å². The molecule has 8 nitrogen and oxygen atoms in total. The molecule has 0 saturated carbocycles. The van der Waals surface area contributed by atoms with Crippen LogP contribution in [-0.4, -0.2) is 28.1 Å². The molecule has 1 aromatic carbocycles. The molecule has 1 rings (SSSR count). The first kappa shape index (κ1) is 13.1. The predicted molar refractivity (Wildman–Crippen MR) is 60.3 cm³/mol. The van der Waals surface area contributed by atoms with Gasteiger partial charge < -0.3 is 10.4 Å². The van der Waals surface area contributed by atoms with Crippen molar-refractivity contribution >= 4 is 28.7 Å². The van der Waals surface area contributed by atoms with Crippen LogP contribution in [0.15, 0.2) is 12.1 Å². The summed E-state index contributed by atoms with van der Waals surface area (Å²) < 4.78 is 0. The van der Waals surface area contributed by atoms with E-state index in [0.717, 1.165) is 12.1 Å². The highest BCUT2D eigenvalue weighted by molar-refractivity contribution is 6.33. The minimum Gasteiger partial charge on any atom is -0.395 e. The SMILES string of the molecule is O=[N+]([O-])c1cc([N+](=O)[O-])c(NCCO)cc1Cl. The first-order valence-corrected chi connectivity index (χ1v) is 4.82. The highest BCUT2D eigenvalue weighted by atomic mass is 35.5. The third-order valence-electron chi connectivity index (χ3n) is 1.89. The van der Waals surface area contributed by atoms with Crippen LogP contribution in [0, 0.1) is 20.2 Å². The largest absolute Gasteiger partial charge is 0.395 e. The van der Waals surface area contributed by atoms with E-state index in [2.05, 4.69) is 5.32 Å². The molecule has 92 valence electrons. The number of nitro benzene ring substituents is 2. The van der Waals surface area contributed by atoms with E-state index in [1.54, 1.807) is 0 Å². The van der Waals surface area contributed by atoms with E-state index in [1.165, 1.54) is 0 Å². The average molecular weight is 262 g/mol. The summed E-state index contributed by atoms with van der Waals surface area (Å²) in [5.41, 5.74) is -0.970. The predicted octanol–water partition coefficient (Wildman–Crippen LogP) is 1.56. The Morgan fingerprint density at radius 1 is 1.24 bits per heavy atom. The van der Waals surface area contributed by atoms with Gasteiger partial charge in [-0.1, -0.05) is 11.6 Å². The van der Waals surface area contributed by atoms with Crippen LogP contribution in [0.1, 0.15) is 0 Å². The Labute approximate surface area is 100 Å². The first-order valence-electron chi connectivity index (χ1n) is 4.44. The number of nitro groups is 2. The van der Waals surface area contributed by atoms with Crippen molar-refractivity contribution in [3.63, 3.8) is 0 Å². The molecule has 0 atom stereocenters. The number of halogens is 1. The maximum absolute atomic E-state index is 10.7. The molecule has 0 aromatic heterocycles. The summed E-state index contributed by atoms with van der Waals surface area (Å²) in [5, 5.41) is 32.2. The number of anilines is 1. The lowest BCUT2D eigenvalue weighted by atomic mass is 10.2. The number of rotatable bonds is 5. The van der Waals surface area contributed by atoms with Gasteiger partial charge in [-0.2, -0.15) is 0 Å². The van der Waals surface area contributed by atoms with E-state index >= 15 is 0 Å². The number of aliphatic hydroxyl groups is 1. The second-order valence-corrected chi connectivity index (χ2v) is 3.39. The van der Waals surface area contributed by atoms with Crippen LogP contribution in [0.2, 0.25) is 5.02 Å². The van der Waals surface area contributed by atoms with Crippen molar-refractivity contribution in [2.24, 2.45) is 0 Å². The summed E-state index contributed by atoms with van der Waals surface area (Å²) in [6.07, 6.45) is 0. The zero-order chi connectivity index (χ0) is 13.0. The minimum absolute atomic E-state index is 0.0275. The van der Waals surface area contributed by atoms with Crippen LogP contribution in [-0.2, 0) is 0 Å². The van der Waals surface area contributed by atoms with Crippen molar-refractivity contribution in [2.75, 3.05) is 18.5 Å². The fraction of sp³-hybridized carbons (Fsp3) is 0.250. The molecule has 0 radical (unpaired) electrons. The zero-order valence-corrected chi connectivity index (χ0v) is 9.18. The Morgan fingerprint density at radius 2 is 1.82 bits per heavy atom.